The average Bonchev–Trinajstić information content (AvgIpc) is 2.31. The van der Waals surface area contributed by atoms with Gasteiger partial charge in [-0.05, 0) is 25.1 Å². The van der Waals surface area contributed by atoms with Crippen molar-refractivity contribution in [3.8, 4) is 0 Å². The molecule has 0 saturated carbocycles. The number of hydrogen-bond donors (Lipinski definition) is 2. The summed E-state index contributed by atoms with van der Waals surface area (Å²) in [4.78, 5) is 11.3. The van der Waals surface area contributed by atoms with Gasteiger partial charge in [0.15, 0.2) is 15.6 Å². The largest absolute Gasteiger partial charge is 0.398 e. The summed E-state index contributed by atoms with van der Waals surface area (Å²) < 4.78 is 22.6. The Morgan fingerprint density at radius 2 is 2.06 bits per heavy atom. The van der Waals surface area contributed by atoms with Crippen molar-refractivity contribution in [3.63, 3.8) is 0 Å². The SMILES string of the molecule is CCS(=O)(=O)CCNc1ccc(N)c(C(C)=O)c1. The van der Waals surface area contributed by atoms with Crippen LogP contribution in [0.25, 0.3) is 0 Å². The van der Waals surface area contributed by atoms with Gasteiger partial charge in [0.05, 0.1) is 5.75 Å². The summed E-state index contributed by atoms with van der Waals surface area (Å²) in [5, 5.41) is 2.97. The van der Waals surface area contributed by atoms with Crippen molar-refractivity contribution in [2.24, 2.45) is 0 Å². The molecule has 0 aromatic heterocycles. The fourth-order valence-electron chi connectivity index (χ4n) is 1.47. The van der Waals surface area contributed by atoms with Crippen molar-refractivity contribution in [1.29, 1.82) is 0 Å². The second-order valence-electron chi connectivity index (χ2n) is 4.02. The Hall–Kier alpha value is -1.56. The van der Waals surface area contributed by atoms with Crippen LogP contribution in [0, 0.1) is 0 Å². The molecule has 0 aliphatic carbocycles. The molecule has 0 saturated heterocycles. The van der Waals surface area contributed by atoms with E-state index in [2.05, 4.69) is 5.32 Å². The molecule has 3 N–H and O–H groups in total. The maximum atomic E-state index is 11.3. The molecular formula is C12H18N2O3S. The van der Waals surface area contributed by atoms with E-state index in [-0.39, 0.29) is 17.3 Å². The summed E-state index contributed by atoms with van der Waals surface area (Å²) in [6.07, 6.45) is 0. The van der Waals surface area contributed by atoms with Crippen LogP contribution in [0.5, 0.6) is 0 Å². The summed E-state index contributed by atoms with van der Waals surface area (Å²) in [7, 11) is -2.98. The molecule has 5 nitrogen and oxygen atoms in total. The first-order chi connectivity index (χ1) is 8.35. The monoisotopic (exact) mass is 270 g/mol. The van der Waals surface area contributed by atoms with Crippen LogP contribution < -0.4 is 11.1 Å². The van der Waals surface area contributed by atoms with Crippen molar-refractivity contribution in [2.45, 2.75) is 13.8 Å². The van der Waals surface area contributed by atoms with Gasteiger partial charge in [0.2, 0.25) is 0 Å². The number of sulfone groups is 1. The molecule has 1 rings (SSSR count). The minimum Gasteiger partial charge on any atom is -0.398 e. The van der Waals surface area contributed by atoms with Crippen LogP contribution in [-0.2, 0) is 9.84 Å². The number of carbonyl (C=O) groups is 1. The van der Waals surface area contributed by atoms with Crippen molar-refractivity contribution >= 4 is 27.0 Å². The highest BCUT2D eigenvalue weighted by Gasteiger charge is 2.08. The van der Waals surface area contributed by atoms with E-state index in [1.165, 1.54) is 6.92 Å². The number of rotatable bonds is 6. The number of benzene rings is 1. The number of ketones is 1. The normalized spacial score (nSPS) is 11.2. The molecule has 0 atom stereocenters. The summed E-state index contributed by atoms with van der Waals surface area (Å²) in [5.74, 6) is 0.0932. The molecule has 0 heterocycles. The highest BCUT2D eigenvalue weighted by Crippen LogP contribution is 2.18. The van der Waals surface area contributed by atoms with Gasteiger partial charge in [-0.25, -0.2) is 8.42 Å². The summed E-state index contributed by atoms with van der Waals surface area (Å²) in [6.45, 7) is 3.38. The third-order valence-corrected chi connectivity index (χ3v) is 4.32. The topological polar surface area (TPSA) is 89.3 Å². The highest BCUT2D eigenvalue weighted by molar-refractivity contribution is 7.91. The van der Waals surface area contributed by atoms with Gasteiger partial charge >= 0.3 is 0 Å². The predicted octanol–water partition coefficient (Wildman–Crippen LogP) is 1.32. The summed E-state index contributed by atoms with van der Waals surface area (Å²) >= 11 is 0. The summed E-state index contributed by atoms with van der Waals surface area (Å²) in [6, 6.07) is 4.99. The van der Waals surface area contributed by atoms with Gasteiger partial charge in [-0.2, -0.15) is 0 Å². The van der Waals surface area contributed by atoms with Crippen LogP contribution in [0.1, 0.15) is 24.2 Å². The van der Waals surface area contributed by atoms with Crippen LogP contribution >= 0.6 is 0 Å². The lowest BCUT2D eigenvalue weighted by Gasteiger charge is -2.09. The molecule has 1 aromatic rings. The van der Waals surface area contributed by atoms with Crippen LogP contribution in [0.2, 0.25) is 0 Å². The molecule has 1 aromatic carbocycles. The Bertz CT molecular complexity index is 538. The minimum atomic E-state index is -2.98. The van der Waals surface area contributed by atoms with E-state index in [1.54, 1.807) is 25.1 Å². The first-order valence-electron chi connectivity index (χ1n) is 5.70. The van der Waals surface area contributed by atoms with Gasteiger partial charge in [0, 0.05) is 29.2 Å². The Balaban J connectivity index is 2.69. The molecule has 0 radical (unpaired) electrons. The number of nitrogens with two attached hydrogens (primary N) is 1. The van der Waals surface area contributed by atoms with Gasteiger partial charge in [-0.15, -0.1) is 0 Å². The van der Waals surface area contributed by atoms with Gasteiger partial charge in [-0.3, -0.25) is 4.79 Å². The van der Waals surface area contributed by atoms with Crippen molar-refractivity contribution in [1.82, 2.24) is 0 Å². The fourth-order valence-corrected chi connectivity index (χ4v) is 2.17. The lowest BCUT2D eigenvalue weighted by molar-refractivity contribution is 0.101. The van der Waals surface area contributed by atoms with E-state index in [9.17, 15) is 13.2 Å². The molecule has 6 heteroatoms. The van der Waals surface area contributed by atoms with Crippen molar-refractivity contribution in [2.75, 3.05) is 29.1 Å². The number of anilines is 2. The number of Topliss-reactive ketones (excluding diaryl/α,β-unsaturated/α-hetero) is 1. The first kappa shape index (κ1) is 14.5. The zero-order valence-electron chi connectivity index (χ0n) is 10.6. The van der Waals surface area contributed by atoms with Crippen molar-refractivity contribution in [3.05, 3.63) is 23.8 Å². The van der Waals surface area contributed by atoms with Gasteiger partial charge in [0.25, 0.3) is 0 Å². The smallest absolute Gasteiger partial charge is 0.161 e. The number of hydrogen-bond acceptors (Lipinski definition) is 5. The third-order valence-electron chi connectivity index (χ3n) is 2.61. The van der Waals surface area contributed by atoms with Gasteiger partial charge < -0.3 is 11.1 Å². The molecule has 0 fully saturated rings. The molecule has 100 valence electrons. The lowest BCUT2D eigenvalue weighted by Crippen LogP contribution is -2.17. The molecule has 0 spiro atoms. The number of carbonyl (C=O) groups excluding carboxylic acids is 1. The van der Waals surface area contributed by atoms with Gasteiger partial charge in [0.1, 0.15) is 0 Å². The van der Waals surface area contributed by atoms with E-state index in [0.717, 1.165) is 0 Å². The average molecular weight is 270 g/mol. The number of nitrogen functional groups attached to an aromatic ring is 1. The maximum absolute atomic E-state index is 11.3. The molecule has 18 heavy (non-hydrogen) atoms. The molecular weight excluding hydrogens is 252 g/mol. The predicted molar refractivity (Wildman–Crippen MR) is 73.7 cm³/mol. The molecule has 0 bridgehead atoms. The van der Waals surface area contributed by atoms with Crippen LogP contribution in [0.4, 0.5) is 11.4 Å². The van der Waals surface area contributed by atoms with Crippen molar-refractivity contribution < 1.29 is 13.2 Å². The molecule has 0 aliphatic rings. The van der Waals surface area contributed by atoms with E-state index >= 15 is 0 Å². The Kier molecular flexibility index (Phi) is 4.72. The highest BCUT2D eigenvalue weighted by atomic mass is 32.2. The lowest BCUT2D eigenvalue weighted by atomic mass is 10.1. The standard InChI is InChI=1S/C12H18N2O3S/c1-3-18(16,17)7-6-14-10-4-5-12(13)11(8-10)9(2)15/h4-5,8,14H,3,6-7,13H2,1-2H3. The Morgan fingerprint density at radius 3 is 2.61 bits per heavy atom. The zero-order valence-corrected chi connectivity index (χ0v) is 11.4. The van der Waals surface area contributed by atoms with Crippen LogP contribution in [0.15, 0.2) is 18.2 Å². The van der Waals surface area contributed by atoms with Crippen LogP contribution in [0.3, 0.4) is 0 Å². The summed E-state index contributed by atoms with van der Waals surface area (Å²) in [5.41, 5.74) is 7.23. The first-order valence-corrected chi connectivity index (χ1v) is 7.52. The van der Waals surface area contributed by atoms with E-state index in [4.69, 9.17) is 5.73 Å². The van der Waals surface area contributed by atoms with E-state index in [0.29, 0.717) is 23.5 Å². The minimum absolute atomic E-state index is 0.0727. The van der Waals surface area contributed by atoms with E-state index < -0.39 is 9.84 Å². The quantitative estimate of drug-likeness (QED) is 0.601. The zero-order chi connectivity index (χ0) is 13.8. The second-order valence-corrected chi connectivity index (χ2v) is 6.49. The Labute approximate surface area is 107 Å². The van der Waals surface area contributed by atoms with Crippen LogP contribution in [-0.4, -0.2) is 32.3 Å². The van der Waals surface area contributed by atoms with Gasteiger partial charge in [-0.1, -0.05) is 6.92 Å². The number of nitrogens with one attached hydrogen (secondary N) is 1. The molecule has 0 amide bonds. The second kappa shape index (κ2) is 5.86. The maximum Gasteiger partial charge on any atom is 0.161 e. The third kappa shape index (κ3) is 4.03. The molecule has 0 unspecified atom stereocenters. The Morgan fingerprint density at radius 1 is 1.39 bits per heavy atom. The van der Waals surface area contributed by atoms with E-state index in [1.807, 2.05) is 0 Å². The fraction of sp³-hybridized carbons (Fsp3) is 0.417. The molecule has 0 aliphatic heterocycles.